The second-order valence-corrected chi connectivity index (χ2v) is 7.44. The molecule has 5 nitrogen and oxygen atoms in total. The van der Waals surface area contributed by atoms with Crippen molar-refractivity contribution < 1.29 is 0 Å². The lowest BCUT2D eigenvalue weighted by atomic mass is 9.91. The van der Waals surface area contributed by atoms with Gasteiger partial charge in [0.1, 0.15) is 5.84 Å². The molecule has 1 saturated carbocycles. The monoisotopic (exact) mass is 355 g/mol. The number of hydrogen-bond donors (Lipinski definition) is 1. The SMILES string of the molecule is CCCCN1CNC(=N[C@H]2CCCC[C@H]2N=NCC)c2cc(C)ccc21. The highest BCUT2D eigenvalue weighted by molar-refractivity contribution is 6.05. The largest absolute Gasteiger partial charge is 0.353 e. The number of aryl methyl sites for hydroxylation is 1. The van der Waals surface area contributed by atoms with Crippen LogP contribution >= 0.6 is 0 Å². The highest BCUT2D eigenvalue weighted by atomic mass is 15.3. The van der Waals surface area contributed by atoms with Gasteiger partial charge < -0.3 is 10.2 Å². The van der Waals surface area contributed by atoms with E-state index >= 15 is 0 Å². The summed E-state index contributed by atoms with van der Waals surface area (Å²) in [5.41, 5.74) is 3.83. The van der Waals surface area contributed by atoms with Crippen molar-refractivity contribution in [3.05, 3.63) is 29.3 Å². The number of azo groups is 1. The Labute approximate surface area is 158 Å². The van der Waals surface area contributed by atoms with Crippen LogP contribution in [0, 0.1) is 6.92 Å². The first-order chi connectivity index (χ1) is 12.7. The zero-order valence-corrected chi connectivity index (χ0v) is 16.5. The number of aliphatic imine (C=N–C) groups is 1. The summed E-state index contributed by atoms with van der Waals surface area (Å²) < 4.78 is 0. The Morgan fingerprint density at radius 1 is 1.15 bits per heavy atom. The highest BCUT2D eigenvalue weighted by Crippen LogP contribution is 2.29. The van der Waals surface area contributed by atoms with Gasteiger partial charge in [-0.3, -0.25) is 4.99 Å². The smallest absolute Gasteiger partial charge is 0.132 e. The first-order valence-electron chi connectivity index (χ1n) is 10.3. The fourth-order valence-electron chi connectivity index (χ4n) is 3.86. The number of unbranched alkanes of at least 4 members (excludes halogenated alkanes) is 1. The van der Waals surface area contributed by atoms with E-state index in [-0.39, 0.29) is 12.1 Å². The van der Waals surface area contributed by atoms with Crippen LogP contribution in [0.2, 0.25) is 0 Å². The molecule has 1 N–H and O–H groups in total. The molecule has 1 aromatic carbocycles. The summed E-state index contributed by atoms with van der Waals surface area (Å²) in [6.07, 6.45) is 7.12. The van der Waals surface area contributed by atoms with E-state index in [2.05, 4.69) is 52.5 Å². The molecular formula is C21H33N5. The van der Waals surface area contributed by atoms with Crippen LogP contribution in [0.25, 0.3) is 0 Å². The van der Waals surface area contributed by atoms with Gasteiger partial charge in [-0.15, -0.1) is 0 Å². The molecule has 1 aliphatic carbocycles. The Bertz CT molecular complexity index is 652. The quantitative estimate of drug-likeness (QED) is 0.753. The van der Waals surface area contributed by atoms with Crippen LogP contribution in [-0.4, -0.2) is 37.7 Å². The molecule has 1 aliphatic heterocycles. The van der Waals surface area contributed by atoms with Gasteiger partial charge in [-0.2, -0.15) is 10.2 Å². The van der Waals surface area contributed by atoms with Gasteiger partial charge in [0, 0.05) is 17.8 Å². The zero-order chi connectivity index (χ0) is 18.4. The molecule has 0 radical (unpaired) electrons. The van der Waals surface area contributed by atoms with Crippen LogP contribution < -0.4 is 10.2 Å². The average molecular weight is 356 g/mol. The summed E-state index contributed by atoms with van der Waals surface area (Å²) in [6, 6.07) is 7.22. The summed E-state index contributed by atoms with van der Waals surface area (Å²) in [5.74, 6) is 1.04. The lowest BCUT2D eigenvalue weighted by Crippen LogP contribution is -2.45. The van der Waals surface area contributed by atoms with Gasteiger partial charge >= 0.3 is 0 Å². The van der Waals surface area contributed by atoms with Crippen LogP contribution in [0.3, 0.4) is 0 Å². The van der Waals surface area contributed by atoms with Crippen molar-refractivity contribution in [3.63, 3.8) is 0 Å². The number of anilines is 1. The van der Waals surface area contributed by atoms with Crippen LogP contribution in [-0.2, 0) is 0 Å². The summed E-state index contributed by atoms with van der Waals surface area (Å²) in [6.45, 7) is 9.12. The predicted octanol–water partition coefficient (Wildman–Crippen LogP) is 4.69. The van der Waals surface area contributed by atoms with Crippen molar-refractivity contribution in [1.82, 2.24) is 5.32 Å². The molecule has 0 saturated heterocycles. The average Bonchev–Trinajstić information content (AvgIpc) is 2.66. The Morgan fingerprint density at radius 3 is 2.73 bits per heavy atom. The molecule has 1 aromatic rings. The predicted molar refractivity (Wildman–Crippen MR) is 109 cm³/mol. The van der Waals surface area contributed by atoms with E-state index in [4.69, 9.17) is 4.99 Å². The molecule has 0 amide bonds. The lowest BCUT2D eigenvalue weighted by molar-refractivity contribution is 0.375. The second kappa shape index (κ2) is 9.15. The fourth-order valence-corrected chi connectivity index (χ4v) is 3.86. The molecule has 0 bridgehead atoms. The van der Waals surface area contributed by atoms with E-state index in [0.29, 0.717) is 0 Å². The van der Waals surface area contributed by atoms with E-state index in [1.807, 2.05) is 6.92 Å². The standard InChI is InChI=1S/C21H33N5/c1-4-6-13-26-15-22-21(17-14-16(3)11-12-20(17)26)24-18-9-7-8-10-19(18)25-23-5-2/h11-12,14,18-19H,4-10,13,15H2,1-3H3,(H,22,24)/t18-,19+/m0/s1. The fraction of sp³-hybridized carbons (Fsp3) is 0.667. The number of benzene rings is 1. The Balaban J connectivity index is 1.88. The van der Waals surface area contributed by atoms with E-state index in [1.54, 1.807) is 0 Å². The molecule has 1 fully saturated rings. The highest BCUT2D eigenvalue weighted by Gasteiger charge is 2.27. The van der Waals surface area contributed by atoms with Gasteiger partial charge in [0.25, 0.3) is 0 Å². The maximum absolute atomic E-state index is 5.15. The summed E-state index contributed by atoms with van der Waals surface area (Å²) in [4.78, 5) is 7.59. The first-order valence-corrected chi connectivity index (χ1v) is 10.3. The van der Waals surface area contributed by atoms with Crippen molar-refractivity contribution in [2.24, 2.45) is 15.2 Å². The van der Waals surface area contributed by atoms with E-state index in [9.17, 15) is 0 Å². The minimum atomic E-state index is 0.240. The van der Waals surface area contributed by atoms with Crippen LogP contribution in [0.5, 0.6) is 0 Å². The van der Waals surface area contributed by atoms with Gasteiger partial charge in [-0.05, 0) is 45.2 Å². The molecule has 0 unspecified atom stereocenters. The molecule has 5 heteroatoms. The van der Waals surface area contributed by atoms with Crippen LogP contribution in [0.1, 0.15) is 63.5 Å². The molecule has 142 valence electrons. The topological polar surface area (TPSA) is 52.3 Å². The second-order valence-electron chi connectivity index (χ2n) is 7.44. The van der Waals surface area contributed by atoms with Gasteiger partial charge in [-0.1, -0.05) is 37.8 Å². The van der Waals surface area contributed by atoms with Crippen molar-refractivity contribution in [1.29, 1.82) is 0 Å². The van der Waals surface area contributed by atoms with Gasteiger partial charge in [-0.25, -0.2) is 0 Å². The van der Waals surface area contributed by atoms with Gasteiger partial charge in [0.05, 0.1) is 25.3 Å². The van der Waals surface area contributed by atoms with Crippen molar-refractivity contribution in [2.75, 3.05) is 24.7 Å². The van der Waals surface area contributed by atoms with Crippen molar-refractivity contribution in [2.45, 2.75) is 71.4 Å². The van der Waals surface area contributed by atoms with Crippen molar-refractivity contribution in [3.8, 4) is 0 Å². The Morgan fingerprint density at radius 2 is 1.96 bits per heavy atom. The first kappa shape index (κ1) is 18.9. The number of rotatable bonds is 6. The minimum Gasteiger partial charge on any atom is -0.353 e. The molecule has 3 rings (SSSR count). The number of hydrogen-bond acceptors (Lipinski definition) is 4. The number of amidine groups is 1. The third-order valence-corrected chi connectivity index (χ3v) is 5.33. The van der Waals surface area contributed by atoms with Gasteiger partial charge in [0.15, 0.2) is 0 Å². The molecule has 0 aromatic heterocycles. The maximum Gasteiger partial charge on any atom is 0.132 e. The Hall–Kier alpha value is -1.91. The zero-order valence-electron chi connectivity index (χ0n) is 16.5. The normalized spacial score (nSPS) is 24.7. The van der Waals surface area contributed by atoms with Crippen LogP contribution in [0.4, 0.5) is 5.69 Å². The molecule has 1 heterocycles. The molecular weight excluding hydrogens is 322 g/mol. The van der Waals surface area contributed by atoms with Gasteiger partial charge in [0.2, 0.25) is 0 Å². The lowest BCUT2D eigenvalue weighted by Gasteiger charge is -2.34. The summed E-state index contributed by atoms with van der Waals surface area (Å²) in [5, 5.41) is 12.4. The maximum atomic E-state index is 5.15. The van der Waals surface area contributed by atoms with Crippen molar-refractivity contribution >= 4 is 11.5 Å². The summed E-state index contributed by atoms with van der Waals surface area (Å²) in [7, 11) is 0. The molecule has 2 aliphatic rings. The third-order valence-electron chi connectivity index (χ3n) is 5.33. The molecule has 2 atom stereocenters. The number of fused-ring (bicyclic) bond motifs is 1. The summed E-state index contributed by atoms with van der Waals surface area (Å²) >= 11 is 0. The molecule has 26 heavy (non-hydrogen) atoms. The Kier molecular flexibility index (Phi) is 6.64. The number of nitrogens with one attached hydrogen (secondary N) is 1. The van der Waals surface area contributed by atoms with Crippen LogP contribution in [0.15, 0.2) is 33.4 Å². The van der Waals surface area contributed by atoms with E-state index < -0.39 is 0 Å². The van der Waals surface area contributed by atoms with E-state index in [1.165, 1.54) is 42.5 Å². The molecule has 0 spiro atoms. The number of nitrogens with zero attached hydrogens (tertiary/aromatic N) is 4. The third kappa shape index (κ3) is 4.43. The minimum absolute atomic E-state index is 0.240. The van der Waals surface area contributed by atoms with E-state index in [0.717, 1.165) is 38.4 Å².